The van der Waals surface area contributed by atoms with Crippen LogP contribution in [0.3, 0.4) is 0 Å². The van der Waals surface area contributed by atoms with Crippen molar-refractivity contribution in [2.24, 2.45) is 0 Å². The van der Waals surface area contributed by atoms with E-state index in [1.165, 1.54) is 14.2 Å². The van der Waals surface area contributed by atoms with Crippen molar-refractivity contribution in [2.75, 3.05) is 0 Å². The van der Waals surface area contributed by atoms with Gasteiger partial charge in [-0.25, -0.2) is 0 Å². The Morgan fingerprint density at radius 3 is 2.65 bits per heavy atom. The average molecular weight is 396 g/mol. The third-order valence-electron chi connectivity index (χ3n) is 2.25. The van der Waals surface area contributed by atoms with E-state index in [0.717, 1.165) is 22.6 Å². The van der Waals surface area contributed by atoms with Crippen molar-refractivity contribution in [3.63, 3.8) is 0 Å². The van der Waals surface area contributed by atoms with Crippen LogP contribution in [0.2, 0.25) is 5.02 Å². The van der Waals surface area contributed by atoms with Crippen molar-refractivity contribution in [2.45, 2.75) is 13.1 Å². The zero-order chi connectivity index (χ0) is 12.3. The molecule has 0 spiro atoms. The van der Waals surface area contributed by atoms with Crippen molar-refractivity contribution in [1.29, 1.82) is 0 Å². The summed E-state index contributed by atoms with van der Waals surface area (Å²) in [5, 5.41) is 4.17. The molecule has 0 radical (unpaired) electrons. The highest BCUT2D eigenvalue weighted by atomic mass is 79.9. The smallest absolute Gasteiger partial charge is 0.0701 e. The molecule has 1 aromatic carbocycles. The third kappa shape index (κ3) is 4.07. The average Bonchev–Trinajstić information content (AvgIpc) is 2.69. The minimum Gasteiger partial charge on any atom is -0.308 e. The van der Waals surface area contributed by atoms with E-state index in [1.54, 1.807) is 11.3 Å². The normalized spacial score (nSPS) is 10.8. The molecule has 17 heavy (non-hydrogen) atoms. The first-order chi connectivity index (χ1) is 8.15. The highest BCUT2D eigenvalue weighted by molar-refractivity contribution is 9.11. The standard InChI is InChI=1S/C12H10Br2ClNS/c13-11-3-1-9(15)5-8(11)6-16-7-10-2-4-12(14)17-10/h1-5,16H,6-7H2. The SMILES string of the molecule is Clc1ccc(Br)c(CNCc2ccc(Br)s2)c1. The van der Waals surface area contributed by atoms with Crippen LogP contribution in [0.15, 0.2) is 38.6 Å². The zero-order valence-corrected chi connectivity index (χ0v) is 13.6. The van der Waals surface area contributed by atoms with Crippen LogP contribution in [0.4, 0.5) is 0 Å². The second kappa shape index (κ2) is 6.34. The molecule has 0 aliphatic heterocycles. The number of nitrogens with one attached hydrogen (secondary N) is 1. The number of thiophene rings is 1. The van der Waals surface area contributed by atoms with Crippen LogP contribution in [0.1, 0.15) is 10.4 Å². The van der Waals surface area contributed by atoms with Crippen molar-refractivity contribution in [3.05, 3.63) is 54.1 Å². The quantitative estimate of drug-likeness (QED) is 0.749. The number of halogens is 3. The minimum atomic E-state index is 0.767. The lowest BCUT2D eigenvalue weighted by Gasteiger charge is -2.06. The summed E-state index contributed by atoms with van der Waals surface area (Å²) in [7, 11) is 0. The fourth-order valence-corrected chi connectivity index (χ4v) is 3.48. The summed E-state index contributed by atoms with van der Waals surface area (Å²) in [6, 6.07) is 10.0. The summed E-state index contributed by atoms with van der Waals surface area (Å²) >= 11 is 14.7. The van der Waals surface area contributed by atoms with Crippen molar-refractivity contribution in [3.8, 4) is 0 Å². The molecule has 2 aromatic rings. The molecule has 0 aliphatic carbocycles. The van der Waals surface area contributed by atoms with Crippen molar-refractivity contribution in [1.82, 2.24) is 5.32 Å². The van der Waals surface area contributed by atoms with Gasteiger partial charge in [-0.1, -0.05) is 27.5 Å². The molecule has 1 heterocycles. The second-order valence-corrected chi connectivity index (χ2v) is 7.38. The lowest BCUT2D eigenvalue weighted by Crippen LogP contribution is -2.12. The van der Waals surface area contributed by atoms with E-state index in [0.29, 0.717) is 0 Å². The first-order valence-electron chi connectivity index (χ1n) is 5.04. The van der Waals surface area contributed by atoms with Gasteiger partial charge in [0.05, 0.1) is 3.79 Å². The first kappa shape index (κ1) is 13.6. The molecular weight excluding hydrogens is 385 g/mol. The molecule has 1 nitrogen and oxygen atoms in total. The van der Waals surface area contributed by atoms with Gasteiger partial charge < -0.3 is 5.32 Å². The number of benzene rings is 1. The van der Waals surface area contributed by atoms with Gasteiger partial charge >= 0.3 is 0 Å². The Morgan fingerprint density at radius 1 is 1.12 bits per heavy atom. The Morgan fingerprint density at radius 2 is 1.94 bits per heavy atom. The lowest BCUT2D eigenvalue weighted by atomic mass is 10.2. The van der Waals surface area contributed by atoms with Crippen LogP contribution in [-0.2, 0) is 13.1 Å². The van der Waals surface area contributed by atoms with E-state index in [9.17, 15) is 0 Å². The predicted octanol–water partition coefficient (Wildman–Crippen LogP) is 5.22. The fraction of sp³-hybridized carbons (Fsp3) is 0.167. The van der Waals surface area contributed by atoms with E-state index in [1.807, 2.05) is 18.2 Å². The molecule has 0 amide bonds. The number of hydrogen-bond acceptors (Lipinski definition) is 2. The Hall–Kier alpha value is 0.130. The monoisotopic (exact) mass is 393 g/mol. The Kier molecular flexibility index (Phi) is 5.06. The van der Waals surface area contributed by atoms with Crippen LogP contribution < -0.4 is 5.32 Å². The van der Waals surface area contributed by atoms with Gasteiger partial charge in [0.15, 0.2) is 0 Å². The molecule has 5 heteroatoms. The van der Waals surface area contributed by atoms with E-state index < -0.39 is 0 Å². The number of hydrogen-bond donors (Lipinski definition) is 1. The van der Waals surface area contributed by atoms with Gasteiger partial charge in [0.25, 0.3) is 0 Å². The molecule has 1 N–H and O–H groups in total. The molecule has 0 unspecified atom stereocenters. The van der Waals surface area contributed by atoms with Crippen LogP contribution in [0.25, 0.3) is 0 Å². The minimum absolute atomic E-state index is 0.767. The maximum atomic E-state index is 5.96. The molecule has 2 rings (SSSR count). The van der Waals surface area contributed by atoms with E-state index in [4.69, 9.17) is 11.6 Å². The summed E-state index contributed by atoms with van der Waals surface area (Å²) in [6.07, 6.45) is 0. The number of rotatable bonds is 4. The molecule has 0 fully saturated rings. The molecule has 1 aromatic heterocycles. The molecule has 90 valence electrons. The topological polar surface area (TPSA) is 12.0 Å². The second-order valence-electron chi connectivity index (χ2n) is 3.55. The predicted molar refractivity (Wildman–Crippen MR) is 81.7 cm³/mol. The van der Waals surface area contributed by atoms with E-state index >= 15 is 0 Å². The van der Waals surface area contributed by atoms with Crippen LogP contribution in [0, 0.1) is 0 Å². The van der Waals surface area contributed by atoms with Gasteiger partial charge in [-0.3, -0.25) is 0 Å². The van der Waals surface area contributed by atoms with E-state index in [-0.39, 0.29) is 0 Å². The summed E-state index contributed by atoms with van der Waals surface area (Å²) < 4.78 is 2.25. The molecule has 0 bridgehead atoms. The van der Waals surface area contributed by atoms with Crippen molar-refractivity contribution >= 4 is 54.8 Å². The van der Waals surface area contributed by atoms with Gasteiger partial charge in [-0.15, -0.1) is 11.3 Å². The summed E-state index contributed by atoms with van der Waals surface area (Å²) in [4.78, 5) is 1.31. The largest absolute Gasteiger partial charge is 0.308 e. The fourth-order valence-electron chi connectivity index (χ4n) is 1.45. The first-order valence-corrected chi connectivity index (χ1v) is 7.82. The maximum Gasteiger partial charge on any atom is 0.0701 e. The zero-order valence-electron chi connectivity index (χ0n) is 8.84. The molecule has 0 atom stereocenters. The van der Waals surface area contributed by atoms with Crippen LogP contribution >= 0.6 is 54.8 Å². The lowest BCUT2D eigenvalue weighted by molar-refractivity contribution is 0.699. The van der Waals surface area contributed by atoms with Gasteiger partial charge in [-0.2, -0.15) is 0 Å². The third-order valence-corrected chi connectivity index (χ3v) is 4.88. The maximum absolute atomic E-state index is 5.96. The summed E-state index contributed by atoms with van der Waals surface area (Å²) in [6.45, 7) is 1.67. The van der Waals surface area contributed by atoms with Crippen LogP contribution in [-0.4, -0.2) is 0 Å². The Labute approximate surface area is 126 Å². The molecule has 0 aliphatic rings. The highest BCUT2D eigenvalue weighted by Gasteiger charge is 2.02. The van der Waals surface area contributed by atoms with Crippen molar-refractivity contribution < 1.29 is 0 Å². The van der Waals surface area contributed by atoms with E-state index in [2.05, 4.69) is 49.3 Å². The molecular formula is C12H10Br2ClNS. The Bertz CT molecular complexity index is 513. The molecule has 0 saturated carbocycles. The summed E-state index contributed by atoms with van der Waals surface area (Å²) in [5.74, 6) is 0. The van der Waals surface area contributed by atoms with Gasteiger partial charge in [0.2, 0.25) is 0 Å². The Balaban J connectivity index is 1.91. The van der Waals surface area contributed by atoms with Gasteiger partial charge in [0.1, 0.15) is 0 Å². The summed E-state index contributed by atoms with van der Waals surface area (Å²) in [5.41, 5.74) is 1.17. The highest BCUT2D eigenvalue weighted by Crippen LogP contribution is 2.23. The van der Waals surface area contributed by atoms with Crippen LogP contribution in [0.5, 0.6) is 0 Å². The molecule has 0 saturated heterocycles. The van der Waals surface area contributed by atoms with Gasteiger partial charge in [0, 0.05) is 27.5 Å². The van der Waals surface area contributed by atoms with Gasteiger partial charge in [-0.05, 0) is 51.8 Å².